The summed E-state index contributed by atoms with van der Waals surface area (Å²) in [5, 5.41) is 29.6. The molecule has 0 heterocycles. The van der Waals surface area contributed by atoms with Crippen LogP contribution in [0.25, 0.3) is 0 Å². The number of Topliss-reactive ketones (excluding diaryl/α,β-unsaturated/α-hetero) is 5. The van der Waals surface area contributed by atoms with Gasteiger partial charge in [0.15, 0.2) is 28.9 Å². The Labute approximate surface area is 239 Å². The first-order valence-corrected chi connectivity index (χ1v) is 13.6. The van der Waals surface area contributed by atoms with Gasteiger partial charge in [0, 0.05) is 13.0 Å². The van der Waals surface area contributed by atoms with Crippen molar-refractivity contribution in [1.29, 1.82) is 0 Å². The standard InChI is InChI=1S/C26H45N5O10/c1-5-10-41-31-19(11-26(39)40)24(37)13-28-16(2)21(34)6-8-27-18(4)23(36)12-30-20(15-33)25(38)14-29-17(3)22(35)7-9-32/h9,16-20,27-31,33H,5-8,10-15H2,1-4H3,(H,39,40)/t16-,17-,18-,19-,20-/m0/s1. The van der Waals surface area contributed by atoms with Gasteiger partial charge in [0.25, 0.3) is 0 Å². The van der Waals surface area contributed by atoms with Gasteiger partial charge in [-0.1, -0.05) is 6.92 Å². The molecular formula is C26H45N5O10. The van der Waals surface area contributed by atoms with Crippen LogP contribution in [0.2, 0.25) is 0 Å². The number of carbonyl (C=O) groups is 7. The number of hydrogen-bond acceptors (Lipinski definition) is 14. The predicted octanol–water partition coefficient (Wildman–Crippen LogP) is -2.53. The van der Waals surface area contributed by atoms with Crippen LogP contribution in [-0.2, 0) is 38.4 Å². The van der Waals surface area contributed by atoms with Crippen LogP contribution in [0.15, 0.2) is 0 Å². The number of hydrogen-bond donors (Lipinski definition) is 7. The molecular weight excluding hydrogens is 542 g/mol. The SMILES string of the molecule is CCCON[C@@H](CC(=O)O)C(=O)CN[C@@H](C)C(=O)CCN[C@@H](C)C(=O)CN[C@@H](CO)C(=O)CN[C@@H](C)C(=O)CC=O. The molecule has 15 heteroatoms. The lowest BCUT2D eigenvalue weighted by Crippen LogP contribution is -2.50. The number of aliphatic hydroxyl groups excluding tert-OH is 1. The van der Waals surface area contributed by atoms with E-state index in [1.54, 1.807) is 13.8 Å². The minimum Gasteiger partial charge on any atom is -0.481 e. The molecule has 0 aliphatic carbocycles. The fourth-order valence-electron chi connectivity index (χ4n) is 3.30. The molecule has 0 bridgehead atoms. The van der Waals surface area contributed by atoms with Crippen molar-refractivity contribution >= 4 is 41.2 Å². The normalized spacial score (nSPS) is 14.9. The second kappa shape index (κ2) is 21.9. The predicted molar refractivity (Wildman–Crippen MR) is 147 cm³/mol. The number of carboxylic acid groups (broad SMARTS) is 1. The largest absolute Gasteiger partial charge is 0.481 e. The number of carbonyl (C=O) groups excluding carboxylic acids is 6. The molecule has 0 saturated carbocycles. The number of aldehydes is 1. The van der Waals surface area contributed by atoms with Crippen molar-refractivity contribution in [3.8, 4) is 0 Å². The van der Waals surface area contributed by atoms with E-state index >= 15 is 0 Å². The summed E-state index contributed by atoms with van der Waals surface area (Å²) in [4.78, 5) is 87.7. The van der Waals surface area contributed by atoms with Gasteiger partial charge in [-0.3, -0.25) is 34.1 Å². The highest BCUT2D eigenvalue weighted by Gasteiger charge is 2.24. The first-order valence-electron chi connectivity index (χ1n) is 13.6. The van der Waals surface area contributed by atoms with E-state index in [-0.39, 0.29) is 56.4 Å². The van der Waals surface area contributed by atoms with Crippen LogP contribution in [0.5, 0.6) is 0 Å². The van der Waals surface area contributed by atoms with E-state index in [1.807, 2.05) is 6.92 Å². The number of nitrogens with one attached hydrogen (secondary N) is 5. The van der Waals surface area contributed by atoms with Crippen molar-refractivity contribution in [3.63, 3.8) is 0 Å². The van der Waals surface area contributed by atoms with Gasteiger partial charge in [0.05, 0.1) is 69.9 Å². The van der Waals surface area contributed by atoms with Crippen LogP contribution in [-0.4, -0.2) is 121 Å². The minimum atomic E-state index is -1.17. The highest BCUT2D eigenvalue weighted by Crippen LogP contribution is 1.98. The molecule has 0 rings (SSSR count). The van der Waals surface area contributed by atoms with Gasteiger partial charge in [-0.15, -0.1) is 0 Å². The summed E-state index contributed by atoms with van der Waals surface area (Å²) in [5.41, 5.74) is 2.45. The number of aliphatic hydroxyl groups is 1. The zero-order valence-electron chi connectivity index (χ0n) is 24.2. The Bertz CT molecular complexity index is 885. The minimum absolute atomic E-state index is 0.0499. The molecule has 7 N–H and O–H groups in total. The lowest BCUT2D eigenvalue weighted by Gasteiger charge is -2.19. The maximum atomic E-state index is 12.4. The number of hydroxylamine groups is 1. The van der Waals surface area contributed by atoms with Crippen molar-refractivity contribution < 1.29 is 48.6 Å². The molecule has 0 radical (unpaired) electrons. The first-order chi connectivity index (χ1) is 19.4. The molecule has 5 atom stereocenters. The molecule has 0 aromatic heterocycles. The van der Waals surface area contributed by atoms with Crippen LogP contribution in [0, 0.1) is 0 Å². The third-order valence-electron chi connectivity index (χ3n) is 6.11. The summed E-state index contributed by atoms with van der Waals surface area (Å²) in [6.07, 6.45) is 0.459. The van der Waals surface area contributed by atoms with E-state index in [4.69, 9.17) is 9.94 Å². The van der Waals surface area contributed by atoms with Crippen LogP contribution >= 0.6 is 0 Å². The van der Waals surface area contributed by atoms with Gasteiger partial charge in [-0.2, -0.15) is 5.48 Å². The van der Waals surface area contributed by atoms with Gasteiger partial charge >= 0.3 is 5.97 Å². The van der Waals surface area contributed by atoms with Crippen molar-refractivity contribution in [2.24, 2.45) is 0 Å². The smallest absolute Gasteiger partial charge is 0.305 e. The number of aliphatic carboxylic acids is 1. The van der Waals surface area contributed by atoms with Gasteiger partial charge < -0.3 is 35.8 Å². The average Bonchev–Trinajstić information content (AvgIpc) is 2.93. The summed E-state index contributed by atoms with van der Waals surface area (Å²) >= 11 is 0. The molecule has 0 saturated heterocycles. The molecule has 15 nitrogen and oxygen atoms in total. The van der Waals surface area contributed by atoms with Crippen molar-refractivity contribution in [2.75, 3.05) is 39.4 Å². The molecule has 0 spiro atoms. The Morgan fingerprint density at radius 2 is 1.29 bits per heavy atom. The Balaban J connectivity index is 4.48. The molecule has 0 amide bonds. The fourth-order valence-corrected chi connectivity index (χ4v) is 3.30. The van der Waals surface area contributed by atoms with E-state index in [0.717, 1.165) is 0 Å². The summed E-state index contributed by atoms with van der Waals surface area (Å²) in [7, 11) is 0. The van der Waals surface area contributed by atoms with E-state index in [0.29, 0.717) is 19.3 Å². The average molecular weight is 588 g/mol. The van der Waals surface area contributed by atoms with E-state index < -0.39 is 60.8 Å². The number of carboxylic acids is 1. The van der Waals surface area contributed by atoms with Crippen molar-refractivity contribution in [3.05, 3.63) is 0 Å². The quantitative estimate of drug-likeness (QED) is 0.0227. The third kappa shape index (κ3) is 16.9. The molecule has 0 unspecified atom stereocenters. The Hall–Kier alpha value is -2.79. The van der Waals surface area contributed by atoms with E-state index in [2.05, 4.69) is 26.7 Å². The van der Waals surface area contributed by atoms with Gasteiger partial charge in [0.2, 0.25) is 0 Å². The maximum Gasteiger partial charge on any atom is 0.305 e. The van der Waals surface area contributed by atoms with Crippen LogP contribution in [0.3, 0.4) is 0 Å². The Morgan fingerprint density at radius 3 is 1.83 bits per heavy atom. The lowest BCUT2D eigenvalue weighted by atomic mass is 10.1. The molecule has 0 aliphatic heterocycles. The highest BCUT2D eigenvalue weighted by atomic mass is 16.6. The van der Waals surface area contributed by atoms with Crippen LogP contribution in [0.1, 0.15) is 53.4 Å². The third-order valence-corrected chi connectivity index (χ3v) is 6.11. The zero-order chi connectivity index (χ0) is 31.4. The molecule has 234 valence electrons. The van der Waals surface area contributed by atoms with Crippen LogP contribution in [0.4, 0.5) is 0 Å². The second-order valence-corrected chi connectivity index (χ2v) is 9.57. The molecule has 0 aromatic rings. The second-order valence-electron chi connectivity index (χ2n) is 9.57. The zero-order valence-corrected chi connectivity index (χ0v) is 24.2. The summed E-state index contributed by atoms with van der Waals surface area (Å²) in [6.45, 7) is 5.72. The molecule has 0 fully saturated rings. The maximum absolute atomic E-state index is 12.4. The fraction of sp³-hybridized carbons (Fsp3) is 0.731. The van der Waals surface area contributed by atoms with Crippen molar-refractivity contribution in [2.45, 2.75) is 83.6 Å². The Kier molecular flexibility index (Phi) is 20.4. The first kappa shape index (κ1) is 38.2. The summed E-state index contributed by atoms with van der Waals surface area (Å²) < 4.78 is 0. The molecule has 41 heavy (non-hydrogen) atoms. The number of ketones is 5. The molecule has 0 aromatic carbocycles. The van der Waals surface area contributed by atoms with Crippen LogP contribution < -0.4 is 26.7 Å². The van der Waals surface area contributed by atoms with Gasteiger partial charge in [-0.25, -0.2) is 0 Å². The topological polar surface area (TPSA) is 229 Å². The van der Waals surface area contributed by atoms with Gasteiger partial charge in [-0.05, 0) is 27.2 Å². The Morgan fingerprint density at radius 1 is 0.756 bits per heavy atom. The summed E-state index contributed by atoms with van der Waals surface area (Å²) in [6, 6.07) is -4.18. The number of rotatable bonds is 27. The van der Waals surface area contributed by atoms with E-state index in [9.17, 15) is 38.7 Å². The molecule has 0 aliphatic rings. The monoisotopic (exact) mass is 587 g/mol. The van der Waals surface area contributed by atoms with Crippen molar-refractivity contribution in [1.82, 2.24) is 26.7 Å². The lowest BCUT2D eigenvalue weighted by molar-refractivity contribution is -0.142. The van der Waals surface area contributed by atoms with E-state index in [1.165, 1.54) is 6.92 Å². The summed E-state index contributed by atoms with van der Waals surface area (Å²) in [5.74, 6) is -3.02. The van der Waals surface area contributed by atoms with Gasteiger partial charge in [0.1, 0.15) is 12.3 Å². The highest BCUT2D eigenvalue weighted by molar-refractivity contribution is 5.94.